The molecule has 3 aromatic carbocycles. The Bertz CT molecular complexity index is 1010. The quantitative estimate of drug-likeness (QED) is 0.478. The van der Waals surface area contributed by atoms with E-state index in [4.69, 9.17) is 21.1 Å². The second-order valence-electron chi connectivity index (χ2n) is 6.16. The van der Waals surface area contributed by atoms with Gasteiger partial charge in [0.05, 0.1) is 10.6 Å². The normalized spacial score (nSPS) is 10.2. The average molecular weight is 490 g/mol. The van der Waals surface area contributed by atoms with Crippen molar-refractivity contribution in [1.82, 2.24) is 10.9 Å². The van der Waals surface area contributed by atoms with E-state index in [-0.39, 0.29) is 17.2 Å². The Morgan fingerprint density at radius 1 is 0.867 bits per heavy atom. The van der Waals surface area contributed by atoms with E-state index in [1.807, 2.05) is 30.3 Å². The van der Waals surface area contributed by atoms with Crippen molar-refractivity contribution in [3.63, 3.8) is 0 Å². The molecule has 3 aromatic rings. The molecule has 3 rings (SSSR count). The number of ether oxygens (including phenoxy) is 2. The van der Waals surface area contributed by atoms with Gasteiger partial charge >= 0.3 is 0 Å². The predicted molar refractivity (Wildman–Crippen MR) is 117 cm³/mol. The predicted octanol–water partition coefficient (Wildman–Crippen LogP) is 4.52. The van der Waals surface area contributed by atoms with Crippen LogP contribution in [0.15, 0.2) is 77.3 Å². The zero-order valence-corrected chi connectivity index (χ0v) is 18.1. The highest BCUT2D eigenvalue weighted by Gasteiger charge is 2.12. The zero-order chi connectivity index (χ0) is 21.3. The average Bonchev–Trinajstić information content (AvgIpc) is 2.77. The highest BCUT2D eigenvalue weighted by Crippen LogP contribution is 2.21. The number of carbonyl (C=O) groups is 2. The third-order valence-electron chi connectivity index (χ3n) is 3.93. The first-order valence-electron chi connectivity index (χ1n) is 8.95. The molecular formula is C22H18BrClN2O4. The highest BCUT2D eigenvalue weighted by atomic mass is 79.9. The molecule has 0 aliphatic heterocycles. The van der Waals surface area contributed by atoms with Crippen LogP contribution in [-0.4, -0.2) is 18.4 Å². The summed E-state index contributed by atoms with van der Waals surface area (Å²) in [6.07, 6.45) is 0. The molecule has 6 nitrogen and oxygen atoms in total. The van der Waals surface area contributed by atoms with Gasteiger partial charge in [-0.3, -0.25) is 20.4 Å². The number of hydrazine groups is 1. The molecule has 30 heavy (non-hydrogen) atoms. The van der Waals surface area contributed by atoms with Crippen LogP contribution >= 0.6 is 27.5 Å². The first-order chi connectivity index (χ1) is 14.5. The fraction of sp³-hybridized carbons (Fsp3) is 0.0909. The molecule has 0 bridgehead atoms. The SMILES string of the molecule is O=C(COc1ccc(OCc2ccccc2)cc1)NNC(=O)c1cc(Br)ccc1Cl. The van der Waals surface area contributed by atoms with E-state index in [9.17, 15) is 9.59 Å². The number of hydrogen-bond acceptors (Lipinski definition) is 4. The van der Waals surface area contributed by atoms with Crippen molar-refractivity contribution in [3.05, 3.63) is 93.4 Å². The lowest BCUT2D eigenvalue weighted by molar-refractivity contribution is -0.123. The number of hydrogen-bond donors (Lipinski definition) is 2. The minimum absolute atomic E-state index is 0.235. The van der Waals surface area contributed by atoms with E-state index >= 15 is 0 Å². The maximum Gasteiger partial charge on any atom is 0.276 e. The topological polar surface area (TPSA) is 76.7 Å². The first-order valence-corrected chi connectivity index (χ1v) is 10.1. The van der Waals surface area contributed by atoms with Gasteiger partial charge in [-0.15, -0.1) is 0 Å². The molecule has 8 heteroatoms. The minimum Gasteiger partial charge on any atom is -0.489 e. The molecule has 0 atom stereocenters. The Balaban J connectivity index is 1.42. The molecule has 0 saturated heterocycles. The van der Waals surface area contributed by atoms with Gasteiger partial charge in [-0.1, -0.05) is 57.9 Å². The maximum absolute atomic E-state index is 12.1. The fourth-order valence-corrected chi connectivity index (χ4v) is 2.99. The number of rotatable bonds is 7. The van der Waals surface area contributed by atoms with E-state index in [0.29, 0.717) is 22.6 Å². The van der Waals surface area contributed by atoms with Crippen LogP contribution in [0.1, 0.15) is 15.9 Å². The van der Waals surface area contributed by atoms with Crippen LogP contribution in [0.25, 0.3) is 0 Å². The van der Waals surface area contributed by atoms with Gasteiger partial charge in [0, 0.05) is 4.47 Å². The van der Waals surface area contributed by atoms with Gasteiger partial charge in [0.1, 0.15) is 18.1 Å². The number of benzene rings is 3. The first kappa shape index (κ1) is 21.7. The number of nitrogens with one attached hydrogen (secondary N) is 2. The smallest absolute Gasteiger partial charge is 0.276 e. The molecule has 154 valence electrons. The molecule has 0 unspecified atom stereocenters. The van der Waals surface area contributed by atoms with Gasteiger partial charge < -0.3 is 9.47 Å². The Labute approximate surface area is 187 Å². The molecular weight excluding hydrogens is 472 g/mol. The van der Waals surface area contributed by atoms with Crippen LogP contribution in [-0.2, 0) is 11.4 Å². The summed E-state index contributed by atoms with van der Waals surface area (Å²) in [7, 11) is 0. The summed E-state index contributed by atoms with van der Waals surface area (Å²) in [4.78, 5) is 24.0. The summed E-state index contributed by atoms with van der Waals surface area (Å²) in [6, 6.07) is 21.6. The molecule has 0 aliphatic carbocycles. The summed E-state index contributed by atoms with van der Waals surface area (Å²) < 4.78 is 11.8. The molecule has 0 saturated carbocycles. The Morgan fingerprint density at radius 2 is 1.53 bits per heavy atom. The largest absolute Gasteiger partial charge is 0.489 e. The van der Waals surface area contributed by atoms with Crippen molar-refractivity contribution >= 4 is 39.3 Å². The van der Waals surface area contributed by atoms with Gasteiger partial charge in [0.2, 0.25) is 0 Å². The molecule has 0 radical (unpaired) electrons. The van der Waals surface area contributed by atoms with E-state index < -0.39 is 11.8 Å². The van der Waals surface area contributed by atoms with Crippen LogP contribution in [0, 0.1) is 0 Å². The van der Waals surface area contributed by atoms with Gasteiger partial charge in [-0.25, -0.2) is 0 Å². The summed E-state index contributed by atoms with van der Waals surface area (Å²) >= 11 is 9.26. The molecule has 2 N–H and O–H groups in total. The van der Waals surface area contributed by atoms with Crippen LogP contribution in [0.5, 0.6) is 11.5 Å². The van der Waals surface area contributed by atoms with Crippen LogP contribution in [0.3, 0.4) is 0 Å². The lowest BCUT2D eigenvalue weighted by Crippen LogP contribution is -2.43. The second-order valence-corrected chi connectivity index (χ2v) is 7.48. The molecule has 0 heterocycles. The number of halogens is 2. The Kier molecular flexibility index (Phi) is 7.70. The van der Waals surface area contributed by atoms with E-state index in [1.54, 1.807) is 42.5 Å². The monoisotopic (exact) mass is 488 g/mol. The zero-order valence-electron chi connectivity index (χ0n) is 15.7. The van der Waals surface area contributed by atoms with Crippen molar-refractivity contribution in [2.75, 3.05) is 6.61 Å². The van der Waals surface area contributed by atoms with Gasteiger partial charge in [0.15, 0.2) is 6.61 Å². The Hall–Kier alpha value is -3.03. The number of carbonyl (C=O) groups excluding carboxylic acids is 2. The van der Waals surface area contributed by atoms with Gasteiger partial charge in [0.25, 0.3) is 11.8 Å². The standard InChI is InChI=1S/C22H18BrClN2O4/c23-16-6-11-20(24)19(12-16)22(28)26-25-21(27)14-30-18-9-7-17(8-10-18)29-13-15-4-2-1-3-5-15/h1-12H,13-14H2,(H,25,27)(H,26,28). The van der Waals surface area contributed by atoms with Crippen LogP contribution in [0.2, 0.25) is 5.02 Å². The van der Waals surface area contributed by atoms with E-state index in [2.05, 4.69) is 26.8 Å². The lowest BCUT2D eigenvalue weighted by Gasteiger charge is -2.10. The van der Waals surface area contributed by atoms with Crippen molar-refractivity contribution in [2.45, 2.75) is 6.61 Å². The molecule has 2 amide bonds. The molecule has 0 spiro atoms. The van der Waals surface area contributed by atoms with Crippen LogP contribution < -0.4 is 20.3 Å². The third kappa shape index (κ3) is 6.50. The van der Waals surface area contributed by atoms with Crippen molar-refractivity contribution in [1.29, 1.82) is 0 Å². The summed E-state index contributed by atoms with van der Waals surface area (Å²) in [5.41, 5.74) is 5.89. The van der Waals surface area contributed by atoms with E-state index in [0.717, 1.165) is 5.56 Å². The lowest BCUT2D eigenvalue weighted by atomic mass is 10.2. The third-order valence-corrected chi connectivity index (χ3v) is 4.75. The van der Waals surface area contributed by atoms with Crippen molar-refractivity contribution < 1.29 is 19.1 Å². The summed E-state index contributed by atoms with van der Waals surface area (Å²) in [5.74, 6) is 0.140. The van der Waals surface area contributed by atoms with Crippen molar-refractivity contribution in [2.24, 2.45) is 0 Å². The van der Waals surface area contributed by atoms with E-state index in [1.165, 1.54) is 0 Å². The van der Waals surface area contributed by atoms with Crippen LogP contribution in [0.4, 0.5) is 0 Å². The molecule has 0 aromatic heterocycles. The fourth-order valence-electron chi connectivity index (χ4n) is 2.42. The molecule has 0 aliphatic rings. The minimum atomic E-state index is -0.533. The highest BCUT2D eigenvalue weighted by molar-refractivity contribution is 9.10. The molecule has 0 fully saturated rings. The second kappa shape index (κ2) is 10.7. The number of amides is 2. The Morgan fingerprint density at radius 3 is 2.23 bits per heavy atom. The maximum atomic E-state index is 12.1. The van der Waals surface area contributed by atoms with Gasteiger partial charge in [-0.05, 0) is 48.0 Å². The summed E-state index contributed by atoms with van der Waals surface area (Å²) in [5, 5.41) is 0.274. The van der Waals surface area contributed by atoms with Gasteiger partial charge in [-0.2, -0.15) is 0 Å². The summed E-state index contributed by atoms with van der Waals surface area (Å²) in [6.45, 7) is 0.196. The van der Waals surface area contributed by atoms with Crippen molar-refractivity contribution in [3.8, 4) is 11.5 Å².